The van der Waals surface area contributed by atoms with Gasteiger partial charge in [0.25, 0.3) is 0 Å². The number of phenols is 1. The third-order valence-electron chi connectivity index (χ3n) is 6.71. The van der Waals surface area contributed by atoms with Crippen LogP contribution in [0.15, 0.2) is 42.5 Å². The Bertz CT molecular complexity index is 1080. The largest absolute Gasteiger partial charge is 0.507 e. The molecule has 0 bridgehead atoms. The number of hydrogen-bond acceptors (Lipinski definition) is 3. The lowest BCUT2D eigenvalue weighted by Gasteiger charge is -2.48. The Morgan fingerprint density at radius 3 is 2.15 bits per heavy atom. The van der Waals surface area contributed by atoms with E-state index in [9.17, 15) is 5.11 Å². The monoisotopic (exact) mass is 346 g/mol. The van der Waals surface area contributed by atoms with Gasteiger partial charge in [-0.15, -0.1) is 0 Å². The average Bonchev–Trinajstić information content (AvgIpc) is 3.06. The molecule has 1 N–H and O–H groups in total. The fourth-order valence-electron chi connectivity index (χ4n) is 4.50. The summed E-state index contributed by atoms with van der Waals surface area (Å²) in [5.41, 5.74) is 4.73. The first kappa shape index (κ1) is 15.6. The van der Waals surface area contributed by atoms with Gasteiger partial charge in [0.05, 0.1) is 0 Å². The van der Waals surface area contributed by atoms with Gasteiger partial charge in [-0.1, -0.05) is 52.0 Å². The summed E-state index contributed by atoms with van der Waals surface area (Å²) in [6, 6.07) is 14.5. The Balaban J connectivity index is 1.98. The smallest absolute Gasteiger partial charge is 0.231 e. The molecule has 0 atom stereocenters. The van der Waals surface area contributed by atoms with Gasteiger partial charge in [0.1, 0.15) is 5.75 Å². The maximum absolute atomic E-state index is 10.8. The Morgan fingerprint density at radius 2 is 1.42 bits per heavy atom. The van der Waals surface area contributed by atoms with Crippen LogP contribution in [0.4, 0.5) is 0 Å². The van der Waals surface area contributed by atoms with Crippen LogP contribution in [0, 0.1) is 0 Å². The summed E-state index contributed by atoms with van der Waals surface area (Å²) in [7, 11) is 0. The van der Waals surface area contributed by atoms with E-state index in [2.05, 4.69) is 52.0 Å². The zero-order chi connectivity index (χ0) is 18.3. The van der Waals surface area contributed by atoms with Crippen LogP contribution in [0.2, 0.25) is 0 Å². The first-order chi connectivity index (χ1) is 12.3. The molecule has 26 heavy (non-hydrogen) atoms. The van der Waals surface area contributed by atoms with Crippen molar-refractivity contribution in [2.24, 2.45) is 0 Å². The van der Waals surface area contributed by atoms with Crippen molar-refractivity contribution in [2.45, 2.75) is 38.5 Å². The minimum Gasteiger partial charge on any atom is -0.507 e. The highest BCUT2D eigenvalue weighted by Crippen LogP contribution is 2.57. The molecule has 3 nitrogen and oxygen atoms in total. The van der Waals surface area contributed by atoms with E-state index in [0.29, 0.717) is 11.5 Å². The number of phenolic OH excluding ortho intramolecular Hbond substituents is 1. The lowest BCUT2D eigenvalue weighted by atomic mass is 9.55. The van der Waals surface area contributed by atoms with Gasteiger partial charge < -0.3 is 14.6 Å². The zero-order valence-electron chi connectivity index (χ0n) is 15.5. The molecule has 0 aromatic heterocycles. The van der Waals surface area contributed by atoms with E-state index in [4.69, 9.17) is 9.47 Å². The van der Waals surface area contributed by atoms with Crippen LogP contribution in [0.25, 0.3) is 21.9 Å². The maximum Gasteiger partial charge on any atom is 0.231 e. The summed E-state index contributed by atoms with van der Waals surface area (Å²) in [5, 5.41) is 12.6. The highest BCUT2D eigenvalue weighted by atomic mass is 16.7. The van der Waals surface area contributed by atoms with Crippen molar-refractivity contribution in [1.29, 1.82) is 0 Å². The molecule has 0 spiro atoms. The molecule has 0 saturated carbocycles. The molecule has 0 unspecified atom stereocenters. The van der Waals surface area contributed by atoms with E-state index in [1.54, 1.807) is 0 Å². The molecule has 5 rings (SSSR count). The molecule has 0 saturated heterocycles. The van der Waals surface area contributed by atoms with E-state index < -0.39 is 0 Å². The van der Waals surface area contributed by atoms with Gasteiger partial charge in [0, 0.05) is 5.39 Å². The van der Waals surface area contributed by atoms with Crippen molar-refractivity contribution in [3.05, 3.63) is 53.6 Å². The SMILES string of the molecule is CC1(C)c2ccccc2-c2c(cc(O)c3cc4c(cc23)OCO4)C1(C)C. The van der Waals surface area contributed by atoms with Gasteiger partial charge in [-0.3, -0.25) is 0 Å². The zero-order valence-corrected chi connectivity index (χ0v) is 15.5. The fraction of sp³-hybridized carbons (Fsp3) is 0.304. The molecule has 132 valence electrons. The van der Waals surface area contributed by atoms with E-state index >= 15 is 0 Å². The van der Waals surface area contributed by atoms with Gasteiger partial charge in [-0.25, -0.2) is 0 Å². The molecule has 0 fully saturated rings. The normalized spacial score (nSPS) is 18.5. The first-order valence-corrected chi connectivity index (χ1v) is 9.02. The van der Waals surface area contributed by atoms with Crippen molar-refractivity contribution in [3.8, 4) is 28.4 Å². The number of rotatable bonds is 0. The van der Waals surface area contributed by atoms with Gasteiger partial charge in [0.2, 0.25) is 6.79 Å². The van der Waals surface area contributed by atoms with Crippen LogP contribution in [0.5, 0.6) is 17.2 Å². The topological polar surface area (TPSA) is 38.7 Å². The Labute approximate surface area is 153 Å². The third kappa shape index (κ3) is 1.73. The predicted molar refractivity (Wildman–Crippen MR) is 103 cm³/mol. The summed E-state index contributed by atoms with van der Waals surface area (Å²) < 4.78 is 11.1. The van der Waals surface area contributed by atoms with Crippen LogP contribution >= 0.6 is 0 Å². The van der Waals surface area contributed by atoms with Crippen LogP contribution in [-0.4, -0.2) is 11.9 Å². The number of benzene rings is 3. The summed E-state index contributed by atoms with van der Waals surface area (Å²) in [6.07, 6.45) is 0. The number of hydrogen-bond donors (Lipinski definition) is 1. The Hall–Kier alpha value is -2.68. The molecular formula is C23H22O3. The third-order valence-corrected chi connectivity index (χ3v) is 6.71. The Morgan fingerprint density at radius 1 is 0.808 bits per heavy atom. The molecular weight excluding hydrogens is 324 g/mol. The van der Waals surface area contributed by atoms with Crippen molar-refractivity contribution in [3.63, 3.8) is 0 Å². The van der Waals surface area contributed by atoms with Crippen LogP contribution in [0.3, 0.4) is 0 Å². The minimum atomic E-state index is -0.140. The highest BCUT2D eigenvalue weighted by molar-refractivity contribution is 6.05. The summed E-state index contributed by atoms with van der Waals surface area (Å²) in [6.45, 7) is 9.33. The van der Waals surface area contributed by atoms with E-state index in [-0.39, 0.29) is 17.6 Å². The number of ether oxygens (including phenoxy) is 2. The van der Waals surface area contributed by atoms with Gasteiger partial charge in [0.15, 0.2) is 11.5 Å². The molecule has 1 aliphatic carbocycles. The molecule has 3 aromatic rings. The summed E-state index contributed by atoms with van der Waals surface area (Å²) in [5.74, 6) is 1.72. The van der Waals surface area contributed by atoms with Gasteiger partial charge >= 0.3 is 0 Å². The fourth-order valence-corrected chi connectivity index (χ4v) is 4.50. The van der Waals surface area contributed by atoms with Gasteiger partial charge in [-0.05, 0) is 56.7 Å². The lowest BCUT2D eigenvalue weighted by Crippen LogP contribution is -2.43. The second-order valence-corrected chi connectivity index (χ2v) is 8.36. The van der Waals surface area contributed by atoms with Crippen LogP contribution < -0.4 is 9.47 Å². The molecule has 3 aromatic carbocycles. The van der Waals surface area contributed by atoms with E-state index in [0.717, 1.165) is 16.5 Å². The molecule has 0 amide bonds. The first-order valence-electron chi connectivity index (χ1n) is 9.02. The van der Waals surface area contributed by atoms with Crippen molar-refractivity contribution < 1.29 is 14.6 Å². The van der Waals surface area contributed by atoms with Crippen LogP contribution in [0.1, 0.15) is 38.8 Å². The molecule has 1 aliphatic heterocycles. The maximum atomic E-state index is 10.8. The summed E-state index contributed by atoms with van der Waals surface area (Å²) >= 11 is 0. The standard InChI is InChI=1S/C23H22O3/c1-22(2)16-8-6-5-7-13(16)21-15-10-20-19(25-12-26-20)9-14(15)18(24)11-17(21)23(22,3)4/h5-11,24H,12H2,1-4H3. The molecule has 0 radical (unpaired) electrons. The predicted octanol–water partition coefficient (Wildman–Crippen LogP) is 5.51. The molecule has 3 heteroatoms. The van der Waals surface area contributed by atoms with E-state index in [1.165, 1.54) is 22.3 Å². The second-order valence-electron chi connectivity index (χ2n) is 8.36. The lowest BCUT2D eigenvalue weighted by molar-refractivity contribution is 0.174. The van der Waals surface area contributed by atoms with E-state index in [1.807, 2.05) is 18.2 Å². The van der Waals surface area contributed by atoms with Crippen LogP contribution in [-0.2, 0) is 10.8 Å². The molecule has 2 aliphatic rings. The highest BCUT2D eigenvalue weighted by Gasteiger charge is 2.46. The van der Waals surface area contributed by atoms with Crippen molar-refractivity contribution in [2.75, 3.05) is 6.79 Å². The van der Waals surface area contributed by atoms with Crippen molar-refractivity contribution in [1.82, 2.24) is 0 Å². The summed E-state index contributed by atoms with van der Waals surface area (Å²) in [4.78, 5) is 0. The number of aromatic hydroxyl groups is 1. The molecule has 1 heterocycles. The quantitative estimate of drug-likeness (QED) is 0.583. The van der Waals surface area contributed by atoms with Crippen molar-refractivity contribution >= 4 is 10.8 Å². The second kappa shape index (κ2) is 4.73. The number of fused-ring (bicyclic) bond motifs is 6. The minimum absolute atomic E-state index is 0.0625. The van der Waals surface area contributed by atoms with Gasteiger partial charge in [-0.2, -0.15) is 0 Å². The Kier molecular flexibility index (Phi) is 2.83. The average molecular weight is 346 g/mol.